The van der Waals surface area contributed by atoms with Crippen molar-refractivity contribution in [1.82, 2.24) is 14.9 Å². The van der Waals surface area contributed by atoms with Crippen molar-refractivity contribution in [1.29, 1.82) is 0 Å². The standard InChI is InChI=1S/C22H27N3O4/c1-13-4-5-20(14(2)24-13)29-21-8-17-12-25(11-16(17)7-19(21)26)22(27)15-6-18(28-3)10-23-9-15/h4-6,9-10,16-17,19,21,26H,7-8,11-12H2,1-3H3/t16-,17+,19+,21+/m0/s1. The molecule has 2 aliphatic rings. The third-order valence-electron chi connectivity index (χ3n) is 6.02. The molecule has 7 heteroatoms. The van der Waals surface area contributed by atoms with Gasteiger partial charge in [0, 0.05) is 25.0 Å². The minimum Gasteiger partial charge on any atom is -0.495 e. The van der Waals surface area contributed by atoms with E-state index in [9.17, 15) is 9.90 Å². The molecule has 1 N–H and O–H groups in total. The number of fused-ring (bicyclic) bond motifs is 1. The molecule has 4 atom stereocenters. The number of ether oxygens (including phenoxy) is 2. The van der Waals surface area contributed by atoms with Crippen molar-refractivity contribution in [2.24, 2.45) is 11.8 Å². The molecule has 3 heterocycles. The van der Waals surface area contributed by atoms with Gasteiger partial charge in [0.2, 0.25) is 0 Å². The fourth-order valence-corrected chi connectivity index (χ4v) is 4.47. The second-order valence-corrected chi connectivity index (χ2v) is 8.07. The lowest BCUT2D eigenvalue weighted by Crippen LogP contribution is -2.42. The average Bonchev–Trinajstić information content (AvgIpc) is 3.12. The first-order chi connectivity index (χ1) is 13.9. The van der Waals surface area contributed by atoms with Crippen molar-refractivity contribution in [2.45, 2.75) is 38.9 Å². The van der Waals surface area contributed by atoms with Crippen LogP contribution in [-0.4, -0.2) is 58.3 Å². The fourth-order valence-electron chi connectivity index (χ4n) is 4.47. The maximum atomic E-state index is 12.9. The second-order valence-electron chi connectivity index (χ2n) is 8.07. The molecule has 29 heavy (non-hydrogen) atoms. The van der Waals surface area contributed by atoms with E-state index >= 15 is 0 Å². The van der Waals surface area contributed by atoms with Gasteiger partial charge in [0.05, 0.1) is 30.7 Å². The Morgan fingerprint density at radius 3 is 2.66 bits per heavy atom. The van der Waals surface area contributed by atoms with Crippen LogP contribution in [0.5, 0.6) is 11.5 Å². The number of nitrogens with zero attached hydrogens (tertiary/aromatic N) is 3. The smallest absolute Gasteiger partial charge is 0.255 e. The number of methoxy groups -OCH3 is 1. The monoisotopic (exact) mass is 397 g/mol. The summed E-state index contributed by atoms with van der Waals surface area (Å²) < 4.78 is 11.3. The SMILES string of the molecule is COc1cncc(C(=O)N2C[C@H]3C[C@@H](Oc4ccc(C)nc4C)[C@H](O)C[C@H]3C2)c1. The molecule has 1 aliphatic carbocycles. The Morgan fingerprint density at radius 1 is 1.17 bits per heavy atom. The highest BCUT2D eigenvalue weighted by Crippen LogP contribution is 2.38. The molecule has 1 saturated carbocycles. The molecule has 2 aromatic rings. The summed E-state index contributed by atoms with van der Waals surface area (Å²) in [5.41, 5.74) is 2.29. The molecule has 1 amide bonds. The van der Waals surface area contributed by atoms with Crippen LogP contribution in [0.25, 0.3) is 0 Å². The molecule has 0 radical (unpaired) electrons. The van der Waals surface area contributed by atoms with Gasteiger partial charge in [-0.3, -0.25) is 14.8 Å². The van der Waals surface area contributed by atoms with Gasteiger partial charge in [-0.05, 0) is 56.7 Å². The second kappa shape index (κ2) is 7.99. The Hall–Kier alpha value is -2.67. The maximum Gasteiger partial charge on any atom is 0.255 e. The summed E-state index contributed by atoms with van der Waals surface area (Å²) in [7, 11) is 1.56. The quantitative estimate of drug-likeness (QED) is 0.853. The van der Waals surface area contributed by atoms with Gasteiger partial charge in [0.25, 0.3) is 5.91 Å². The number of pyridine rings is 2. The van der Waals surface area contributed by atoms with Gasteiger partial charge >= 0.3 is 0 Å². The number of aliphatic hydroxyl groups is 1. The number of amides is 1. The lowest BCUT2D eigenvalue weighted by Gasteiger charge is -2.35. The Labute approximate surface area is 170 Å². The first kappa shape index (κ1) is 19.6. The summed E-state index contributed by atoms with van der Waals surface area (Å²) in [6.45, 7) is 5.17. The summed E-state index contributed by atoms with van der Waals surface area (Å²) in [5.74, 6) is 1.83. The van der Waals surface area contributed by atoms with E-state index in [0.717, 1.165) is 17.8 Å². The van der Waals surface area contributed by atoms with Crippen LogP contribution in [-0.2, 0) is 0 Å². The summed E-state index contributed by atoms with van der Waals surface area (Å²) in [6, 6.07) is 5.54. The molecule has 0 spiro atoms. The Balaban J connectivity index is 1.43. The van der Waals surface area contributed by atoms with Crippen molar-refractivity contribution in [3.63, 3.8) is 0 Å². The van der Waals surface area contributed by atoms with Crippen molar-refractivity contribution in [2.75, 3.05) is 20.2 Å². The third kappa shape index (κ3) is 4.05. The molecule has 0 unspecified atom stereocenters. The van der Waals surface area contributed by atoms with Crippen molar-refractivity contribution < 1.29 is 19.4 Å². The molecule has 0 aromatic carbocycles. The van der Waals surface area contributed by atoms with Gasteiger partial charge in [-0.25, -0.2) is 0 Å². The van der Waals surface area contributed by atoms with Crippen molar-refractivity contribution in [3.8, 4) is 11.5 Å². The van der Waals surface area contributed by atoms with Crippen molar-refractivity contribution >= 4 is 5.91 Å². The number of likely N-dealkylation sites (tertiary alicyclic amines) is 1. The average molecular weight is 397 g/mol. The molecular weight excluding hydrogens is 370 g/mol. The molecule has 4 rings (SSSR count). The topological polar surface area (TPSA) is 84.8 Å². The zero-order valence-corrected chi connectivity index (χ0v) is 17.0. The molecule has 154 valence electrons. The molecule has 1 saturated heterocycles. The highest BCUT2D eigenvalue weighted by Gasteiger charge is 2.44. The molecule has 2 fully saturated rings. The van der Waals surface area contributed by atoms with Gasteiger partial charge in [-0.15, -0.1) is 0 Å². The van der Waals surface area contributed by atoms with E-state index < -0.39 is 6.10 Å². The van der Waals surface area contributed by atoms with E-state index in [2.05, 4.69) is 9.97 Å². The number of hydrogen-bond acceptors (Lipinski definition) is 6. The largest absolute Gasteiger partial charge is 0.495 e. The first-order valence-electron chi connectivity index (χ1n) is 10.0. The minimum atomic E-state index is -0.550. The van der Waals surface area contributed by atoms with Gasteiger partial charge in [0.15, 0.2) is 0 Å². The zero-order valence-electron chi connectivity index (χ0n) is 17.0. The van der Waals surface area contributed by atoms with Gasteiger partial charge in [-0.1, -0.05) is 0 Å². The molecule has 2 aromatic heterocycles. The van der Waals surface area contributed by atoms with Crippen molar-refractivity contribution in [3.05, 3.63) is 47.5 Å². The predicted octanol–water partition coefficient (Wildman–Crippen LogP) is 2.39. The number of rotatable bonds is 4. The Bertz CT molecular complexity index is 903. The summed E-state index contributed by atoms with van der Waals surface area (Å²) >= 11 is 0. The predicted molar refractivity (Wildman–Crippen MR) is 107 cm³/mol. The zero-order chi connectivity index (χ0) is 20.5. The van der Waals surface area contributed by atoms with E-state index in [0.29, 0.717) is 42.5 Å². The third-order valence-corrected chi connectivity index (χ3v) is 6.02. The van der Waals surface area contributed by atoms with Crippen LogP contribution >= 0.6 is 0 Å². The van der Waals surface area contributed by atoms with Crippen LogP contribution in [0.3, 0.4) is 0 Å². The number of carbonyl (C=O) groups is 1. The summed E-state index contributed by atoms with van der Waals surface area (Å²) in [6.07, 6.45) is 3.67. The van der Waals surface area contributed by atoms with Crippen LogP contribution in [0, 0.1) is 25.7 Å². The minimum absolute atomic E-state index is 0.0451. The number of carbonyl (C=O) groups excluding carboxylic acids is 1. The summed E-state index contributed by atoms with van der Waals surface area (Å²) in [4.78, 5) is 23.3. The van der Waals surface area contributed by atoms with Crippen LogP contribution in [0.1, 0.15) is 34.6 Å². The van der Waals surface area contributed by atoms with E-state index in [-0.39, 0.29) is 17.9 Å². The number of aliphatic hydroxyl groups excluding tert-OH is 1. The van der Waals surface area contributed by atoms with E-state index in [1.54, 1.807) is 25.6 Å². The van der Waals surface area contributed by atoms with E-state index in [4.69, 9.17) is 9.47 Å². The molecule has 0 bridgehead atoms. The summed E-state index contributed by atoms with van der Waals surface area (Å²) in [5, 5.41) is 10.7. The molecular formula is C22H27N3O4. The molecule has 1 aliphatic heterocycles. The lowest BCUT2D eigenvalue weighted by atomic mass is 9.78. The highest BCUT2D eigenvalue weighted by atomic mass is 16.5. The fraction of sp³-hybridized carbons (Fsp3) is 0.500. The van der Waals surface area contributed by atoms with Gasteiger partial charge in [0.1, 0.15) is 17.6 Å². The van der Waals surface area contributed by atoms with E-state index in [1.807, 2.05) is 30.9 Å². The van der Waals surface area contributed by atoms with Crippen LogP contribution < -0.4 is 9.47 Å². The normalized spacial score (nSPS) is 26.1. The van der Waals surface area contributed by atoms with Gasteiger partial charge < -0.3 is 19.5 Å². The van der Waals surface area contributed by atoms with Crippen LogP contribution in [0.4, 0.5) is 0 Å². The highest BCUT2D eigenvalue weighted by molar-refractivity contribution is 5.94. The number of hydrogen-bond donors (Lipinski definition) is 1. The maximum absolute atomic E-state index is 12.9. The Morgan fingerprint density at radius 2 is 1.93 bits per heavy atom. The van der Waals surface area contributed by atoms with Gasteiger partial charge in [-0.2, -0.15) is 0 Å². The first-order valence-corrected chi connectivity index (χ1v) is 10.0. The van der Waals surface area contributed by atoms with Crippen LogP contribution in [0.2, 0.25) is 0 Å². The van der Waals surface area contributed by atoms with E-state index in [1.165, 1.54) is 0 Å². The lowest BCUT2D eigenvalue weighted by molar-refractivity contribution is -0.0236. The van der Waals surface area contributed by atoms with Crippen LogP contribution in [0.15, 0.2) is 30.6 Å². The number of aromatic nitrogens is 2. The molecule has 7 nitrogen and oxygen atoms in total. The number of aryl methyl sites for hydroxylation is 2. The Kier molecular flexibility index (Phi) is 5.41.